The highest BCUT2D eigenvalue weighted by molar-refractivity contribution is 5.84. The number of nitrogens with one attached hydrogen (secondary N) is 1. The summed E-state index contributed by atoms with van der Waals surface area (Å²) in [6.07, 6.45) is 2.91. The van der Waals surface area contributed by atoms with E-state index in [2.05, 4.69) is 10.3 Å². The van der Waals surface area contributed by atoms with Gasteiger partial charge in [0.25, 0.3) is 0 Å². The van der Waals surface area contributed by atoms with E-state index in [1.807, 2.05) is 37.4 Å². The highest BCUT2D eigenvalue weighted by Crippen LogP contribution is 2.25. The molecule has 1 aliphatic heterocycles. The molecule has 20 heavy (non-hydrogen) atoms. The maximum Gasteiger partial charge on any atom is 0.128 e. The van der Waals surface area contributed by atoms with Gasteiger partial charge in [-0.15, -0.1) is 0 Å². The highest BCUT2D eigenvalue weighted by atomic mass is 16.5. The third-order valence-corrected chi connectivity index (χ3v) is 3.93. The van der Waals surface area contributed by atoms with Crippen molar-refractivity contribution in [2.45, 2.75) is 12.5 Å². The maximum atomic E-state index is 6.03. The van der Waals surface area contributed by atoms with E-state index in [1.165, 1.54) is 0 Å². The third kappa shape index (κ3) is 2.76. The molecule has 2 heterocycles. The molecule has 3 rings (SSSR count). The van der Waals surface area contributed by atoms with Crippen molar-refractivity contribution in [2.75, 3.05) is 26.9 Å². The molecule has 1 aromatic carbocycles. The standard InChI is InChI=1S/C16H20N2O2/c1-17-15(12-7-9-19-10-12)11-20-16-6-2-5-14-13(16)4-3-8-18-14/h2-6,8,12,15,17H,7,9-11H2,1H3. The van der Waals surface area contributed by atoms with E-state index in [1.54, 1.807) is 6.20 Å². The summed E-state index contributed by atoms with van der Waals surface area (Å²) in [6.45, 7) is 2.34. The zero-order valence-electron chi connectivity index (χ0n) is 11.7. The number of aromatic nitrogens is 1. The van der Waals surface area contributed by atoms with Crippen molar-refractivity contribution in [3.05, 3.63) is 36.5 Å². The van der Waals surface area contributed by atoms with Crippen LogP contribution in [-0.4, -0.2) is 37.9 Å². The van der Waals surface area contributed by atoms with Gasteiger partial charge in [0.1, 0.15) is 12.4 Å². The number of hydrogen-bond donors (Lipinski definition) is 1. The SMILES string of the molecule is CNC(COc1cccc2ncccc12)C1CCOC1. The fourth-order valence-corrected chi connectivity index (χ4v) is 2.71. The Morgan fingerprint density at radius 3 is 3.15 bits per heavy atom. The lowest BCUT2D eigenvalue weighted by atomic mass is 10.00. The number of pyridine rings is 1. The zero-order chi connectivity index (χ0) is 13.8. The van der Waals surface area contributed by atoms with E-state index in [-0.39, 0.29) is 0 Å². The highest BCUT2D eigenvalue weighted by Gasteiger charge is 2.25. The molecule has 2 unspecified atom stereocenters. The molecule has 0 bridgehead atoms. The van der Waals surface area contributed by atoms with Crippen LogP contribution in [0.15, 0.2) is 36.5 Å². The summed E-state index contributed by atoms with van der Waals surface area (Å²) in [4.78, 5) is 4.35. The van der Waals surface area contributed by atoms with Crippen molar-refractivity contribution in [3.63, 3.8) is 0 Å². The van der Waals surface area contributed by atoms with Gasteiger partial charge in [0.2, 0.25) is 0 Å². The quantitative estimate of drug-likeness (QED) is 0.906. The van der Waals surface area contributed by atoms with Crippen LogP contribution in [0, 0.1) is 5.92 Å². The van der Waals surface area contributed by atoms with Gasteiger partial charge >= 0.3 is 0 Å². The molecule has 0 radical (unpaired) electrons. The van der Waals surface area contributed by atoms with Gasteiger partial charge in [-0.25, -0.2) is 0 Å². The summed E-state index contributed by atoms with van der Waals surface area (Å²) in [5, 5.41) is 4.40. The van der Waals surface area contributed by atoms with Crippen LogP contribution in [0.3, 0.4) is 0 Å². The van der Waals surface area contributed by atoms with Crippen molar-refractivity contribution < 1.29 is 9.47 Å². The summed E-state index contributed by atoms with van der Waals surface area (Å²) in [6, 6.07) is 10.3. The number of fused-ring (bicyclic) bond motifs is 1. The molecule has 2 atom stereocenters. The van der Waals surface area contributed by atoms with Gasteiger partial charge in [0.15, 0.2) is 0 Å². The fourth-order valence-electron chi connectivity index (χ4n) is 2.71. The van der Waals surface area contributed by atoms with Crippen molar-refractivity contribution >= 4 is 10.9 Å². The summed E-state index contributed by atoms with van der Waals surface area (Å²) in [7, 11) is 1.98. The van der Waals surface area contributed by atoms with Gasteiger partial charge in [0, 0.05) is 30.1 Å². The summed E-state index contributed by atoms with van der Waals surface area (Å²) >= 11 is 0. The number of benzene rings is 1. The number of nitrogens with zero attached hydrogens (tertiary/aromatic N) is 1. The largest absolute Gasteiger partial charge is 0.491 e. The minimum atomic E-state index is 0.324. The number of rotatable bonds is 5. The first kappa shape index (κ1) is 13.3. The van der Waals surface area contributed by atoms with E-state index >= 15 is 0 Å². The fraction of sp³-hybridized carbons (Fsp3) is 0.438. The van der Waals surface area contributed by atoms with Crippen molar-refractivity contribution in [1.82, 2.24) is 10.3 Å². The van der Waals surface area contributed by atoms with Crippen LogP contribution in [0.25, 0.3) is 10.9 Å². The Kier molecular flexibility index (Phi) is 4.14. The second kappa shape index (κ2) is 6.20. The molecule has 1 N–H and O–H groups in total. The average Bonchev–Trinajstić information content (AvgIpc) is 3.02. The Morgan fingerprint density at radius 1 is 1.40 bits per heavy atom. The predicted molar refractivity (Wildman–Crippen MR) is 79.0 cm³/mol. The normalized spacial score (nSPS) is 20.1. The topological polar surface area (TPSA) is 43.4 Å². The van der Waals surface area contributed by atoms with E-state index in [4.69, 9.17) is 9.47 Å². The minimum absolute atomic E-state index is 0.324. The Labute approximate surface area is 119 Å². The van der Waals surface area contributed by atoms with Gasteiger partial charge < -0.3 is 14.8 Å². The molecule has 0 spiro atoms. The van der Waals surface area contributed by atoms with E-state index in [0.717, 1.165) is 36.3 Å². The summed E-state index contributed by atoms with van der Waals surface area (Å²) in [5.74, 6) is 1.43. The van der Waals surface area contributed by atoms with Crippen LogP contribution in [0.5, 0.6) is 5.75 Å². The Morgan fingerprint density at radius 2 is 2.35 bits per heavy atom. The van der Waals surface area contributed by atoms with Crippen LogP contribution in [-0.2, 0) is 4.74 Å². The molecule has 4 heteroatoms. The van der Waals surface area contributed by atoms with Crippen molar-refractivity contribution in [2.24, 2.45) is 5.92 Å². The first-order valence-electron chi connectivity index (χ1n) is 7.10. The number of likely N-dealkylation sites (N-methyl/N-ethyl adjacent to an activating group) is 1. The summed E-state index contributed by atoms with van der Waals surface area (Å²) in [5.41, 5.74) is 0.968. The van der Waals surface area contributed by atoms with Gasteiger partial charge in [-0.05, 0) is 37.7 Å². The van der Waals surface area contributed by atoms with Gasteiger partial charge in [-0.2, -0.15) is 0 Å². The van der Waals surface area contributed by atoms with Crippen LogP contribution >= 0.6 is 0 Å². The molecule has 1 saturated heterocycles. The molecule has 106 valence electrons. The zero-order valence-corrected chi connectivity index (χ0v) is 11.7. The molecule has 1 aliphatic rings. The summed E-state index contributed by atoms with van der Waals surface area (Å²) < 4.78 is 11.5. The van der Waals surface area contributed by atoms with Crippen LogP contribution < -0.4 is 10.1 Å². The molecule has 0 aliphatic carbocycles. The van der Waals surface area contributed by atoms with Crippen LogP contribution in [0.2, 0.25) is 0 Å². The minimum Gasteiger partial charge on any atom is -0.491 e. The molecular formula is C16H20N2O2. The molecule has 1 fully saturated rings. The molecule has 0 amide bonds. The smallest absolute Gasteiger partial charge is 0.128 e. The first-order chi connectivity index (χ1) is 9.88. The van der Waals surface area contributed by atoms with Gasteiger partial charge in [-0.1, -0.05) is 6.07 Å². The van der Waals surface area contributed by atoms with Crippen LogP contribution in [0.1, 0.15) is 6.42 Å². The molecule has 0 saturated carbocycles. The first-order valence-corrected chi connectivity index (χ1v) is 7.10. The predicted octanol–water partition coefficient (Wildman–Crippen LogP) is 2.24. The number of hydrogen-bond acceptors (Lipinski definition) is 4. The van der Waals surface area contributed by atoms with Crippen LogP contribution in [0.4, 0.5) is 0 Å². The molecular weight excluding hydrogens is 252 g/mol. The third-order valence-electron chi connectivity index (χ3n) is 3.93. The second-order valence-corrected chi connectivity index (χ2v) is 5.16. The van der Waals surface area contributed by atoms with E-state index in [9.17, 15) is 0 Å². The number of ether oxygens (including phenoxy) is 2. The van der Waals surface area contributed by atoms with E-state index < -0.39 is 0 Å². The molecule has 2 aromatic rings. The monoisotopic (exact) mass is 272 g/mol. The van der Waals surface area contributed by atoms with Gasteiger partial charge in [-0.3, -0.25) is 4.98 Å². The lowest BCUT2D eigenvalue weighted by Crippen LogP contribution is -2.39. The lowest BCUT2D eigenvalue weighted by Gasteiger charge is -2.22. The molecule has 4 nitrogen and oxygen atoms in total. The Hall–Kier alpha value is -1.65. The van der Waals surface area contributed by atoms with Crippen molar-refractivity contribution in [1.29, 1.82) is 0 Å². The Balaban J connectivity index is 1.72. The second-order valence-electron chi connectivity index (χ2n) is 5.16. The Bertz CT molecular complexity index is 562. The average molecular weight is 272 g/mol. The lowest BCUT2D eigenvalue weighted by molar-refractivity contribution is 0.163. The van der Waals surface area contributed by atoms with Gasteiger partial charge in [0.05, 0.1) is 12.1 Å². The maximum absolute atomic E-state index is 6.03. The van der Waals surface area contributed by atoms with E-state index in [0.29, 0.717) is 18.6 Å². The molecule has 1 aromatic heterocycles. The van der Waals surface area contributed by atoms with Crippen molar-refractivity contribution in [3.8, 4) is 5.75 Å².